The van der Waals surface area contributed by atoms with E-state index in [4.69, 9.17) is 14.2 Å². The summed E-state index contributed by atoms with van der Waals surface area (Å²) in [6.07, 6.45) is 0. The molecule has 1 aromatic heterocycles. The number of nitrogens with one attached hydrogen (secondary N) is 1. The number of rotatable bonds is 5. The van der Waals surface area contributed by atoms with Crippen LogP contribution in [-0.4, -0.2) is 67.4 Å². The Morgan fingerprint density at radius 1 is 1.29 bits per heavy atom. The highest BCUT2D eigenvalue weighted by atomic mass is 16.5. The molecule has 1 N–H and O–H groups in total. The molecule has 1 saturated heterocycles. The second kappa shape index (κ2) is 7.02. The lowest BCUT2D eigenvalue weighted by atomic mass is 10.2. The zero-order valence-corrected chi connectivity index (χ0v) is 12.3. The Balaban J connectivity index is 2.30. The third-order valence-electron chi connectivity index (χ3n) is 3.01. The van der Waals surface area contributed by atoms with Crippen LogP contribution < -0.4 is 19.7 Å². The third kappa shape index (κ3) is 3.48. The monoisotopic (exact) mass is 297 g/mol. The van der Waals surface area contributed by atoms with E-state index in [0.29, 0.717) is 32.2 Å². The first-order valence-electron chi connectivity index (χ1n) is 6.67. The maximum atomic E-state index is 12.1. The number of methoxy groups -OCH3 is 2. The minimum atomic E-state index is -0.490. The summed E-state index contributed by atoms with van der Waals surface area (Å²) in [4.78, 5) is 26.1. The van der Waals surface area contributed by atoms with Crippen LogP contribution in [0.25, 0.3) is 0 Å². The molecule has 1 unspecified atom stereocenters. The molecule has 1 aliphatic heterocycles. The van der Waals surface area contributed by atoms with Crippen molar-refractivity contribution in [2.75, 3.05) is 45.4 Å². The van der Waals surface area contributed by atoms with Crippen molar-refractivity contribution in [2.24, 2.45) is 0 Å². The van der Waals surface area contributed by atoms with Crippen molar-refractivity contribution in [1.82, 2.24) is 20.3 Å². The maximum Gasteiger partial charge on any atom is 0.330 e. The Morgan fingerprint density at radius 3 is 2.52 bits per heavy atom. The highest BCUT2D eigenvalue weighted by Gasteiger charge is 2.32. The van der Waals surface area contributed by atoms with Crippen LogP contribution in [-0.2, 0) is 9.53 Å². The van der Waals surface area contributed by atoms with Gasteiger partial charge < -0.3 is 24.4 Å². The molecule has 1 atom stereocenters. The first-order valence-corrected chi connectivity index (χ1v) is 6.67. The van der Waals surface area contributed by atoms with Crippen molar-refractivity contribution < 1.29 is 19.0 Å². The van der Waals surface area contributed by atoms with E-state index in [2.05, 4.69) is 20.3 Å². The molecule has 0 saturated carbocycles. The first-order chi connectivity index (χ1) is 10.2. The number of ether oxygens (including phenoxy) is 3. The van der Waals surface area contributed by atoms with E-state index in [1.54, 1.807) is 11.8 Å². The molecule has 1 aromatic rings. The molecule has 0 radical (unpaired) electrons. The summed E-state index contributed by atoms with van der Waals surface area (Å²) in [7, 11) is 2.91. The van der Waals surface area contributed by atoms with E-state index in [1.165, 1.54) is 14.2 Å². The number of anilines is 1. The molecule has 0 aliphatic carbocycles. The van der Waals surface area contributed by atoms with Gasteiger partial charge in [-0.2, -0.15) is 9.97 Å². The van der Waals surface area contributed by atoms with Gasteiger partial charge in [0.05, 0.1) is 20.8 Å². The van der Waals surface area contributed by atoms with Crippen molar-refractivity contribution in [3.05, 3.63) is 0 Å². The number of nitrogens with zero attached hydrogens (tertiary/aromatic N) is 4. The van der Waals surface area contributed by atoms with E-state index < -0.39 is 6.04 Å². The van der Waals surface area contributed by atoms with E-state index in [9.17, 15) is 4.79 Å². The Morgan fingerprint density at radius 2 is 1.95 bits per heavy atom. The van der Waals surface area contributed by atoms with Gasteiger partial charge in [0.1, 0.15) is 6.04 Å². The third-order valence-corrected chi connectivity index (χ3v) is 3.01. The van der Waals surface area contributed by atoms with Crippen molar-refractivity contribution in [2.45, 2.75) is 13.0 Å². The number of esters is 1. The van der Waals surface area contributed by atoms with Gasteiger partial charge in [-0.05, 0) is 6.92 Å². The van der Waals surface area contributed by atoms with Crippen molar-refractivity contribution in [1.29, 1.82) is 0 Å². The number of carbonyl (C=O) groups is 1. The van der Waals surface area contributed by atoms with Crippen LogP contribution >= 0.6 is 0 Å². The van der Waals surface area contributed by atoms with E-state index in [0.717, 1.165) is 0 Å². The standard InChI is InChI=1S/C12H19N5O4/c1-4-21-9(18)8-7-13-5-6-17(8)10-14-11(19-2)16-12(15-10)20-3/h8,13H,4-7H2,1-3H3. The number of piperazine rings is 1. The summed E-state index contributed by atoms with van der Waals surface area (Å²) >= 11 is 0. The molecule has 0 amide bonds. The highest BCUT2D eigenvalue weighted by molar-refractivity contribution is 5.80. The van der Waals surface area contributed by atoms with Crippen molar-refractivity contribution >= 4 is 11.9 Å². The van der Waals surface area contributed by atoms with Crippen molar-refractivity contribution in [3.8, 4) is 12.0 Å². The zero-order valence-electron chi connectivity index (χ0n) is 12.3. The van der Waals surface area contributed by atoms with Crippen molar-refractivity contribution in [3.63, 3.8) is 0 Å². The van der Waals surface area contributed by atoms with Gasteiger partial charge in [-0.1, -0.05) is 0 Å². The zero-order chi connectivity index (χ0) is 15.2. The molecule has 0 spiro atoms. The molecule has 2 heterocycles. The number of hydrogen-bond acceptors (Lipinski definition) is 9. The largest absolute Gasteiger partial charge is 0.467 e. The number of carbonyl (C=O) groups excluding carboxylic acids is 1. The van der Waals surface area contributed by atoms with E-state index in [-0.39, 0.29) is 18.0 Å². The maximum absolute atomic E-state index is 12.1. The Hall–Kier alpha value is -2.16. The molecule has 1 fully saturated rings. The van der Waals surface area contributed by atoms with Gasteiger partial charge >= 0.3 is 18.0 Å². The van der Waals surface area contributed by atoms with E-state index in [1.807, 2.05) is 0 Å². The SMILES string of the molecule is CCOC(=O)C1CNCCN1c1nc(OC)nc(OC)n1. The molecular weight excluding hydrogens is 278 g/mol. The molecule has 1 aliphatic rings. The Labute approximate surface area is 122 Å². The van der Waals surface area contributed by atoms with Crippen LogP contribution in [0.5, 0.6) is 12.0 Å². The van der Waals surface area contributed by atoms with Gasteiger partial charge in [0.25, 0.3) is 0 Å². The molecule has 116 valence electrons. The lowest BCUT2D eigenvalue weighted by Crippen LogP contribution is -2.56. The smallest absolute Gasteiger partial charge is 0.330 e. The minimum absolute atomic E-state index is 0.137. The second-order valence-electron chi connectivity index (χ2n) is 4.27. The van der Waals surface area contributed by atoms with Gasteiger partial charge in [0, 0.05) is 19.6 Å². The Bertz CT molecular complexity index is 476. The van der Waals surface area contributed by atoms with Gasteiger partial charge in [-0.15, -0.1) is 4.98 Å². The average molecular weight is 297 g/mol. The molecular formula is C12H19N5O4. The lowest BCUT2D eigenvalue weighted by molar-refractivity contribution is -0.144. The summed E-state index contributed by atoms with van der Waals surface area (Å²) < 4.78 is 15.2. The van der Waals surface area contributed by atoms with E-state index >= 15 is 0 Å². The molecule has 9 heteroatoms. The van der Waals surface area contributed by atoms with Crippen LogP contribution in [0, 0.1) is 0 Å². The molecule has 0 aromatic carbocycles. The summed E-state index contributed by atoms with van der Waals surface area (Å²) in [5, 5.41) is 3.15. The summed E-state index contributed by atoms with van der Waals surface area (Å²) in [5.41, 5.74) is 0. The molecule has 21 heavy (non-hydrogen) atoms. The number of aromatic nitrogens is 3. The van der Waals surface area contributed by atoms with Crippen LogP contribution in [0.4, 0.5) is 5.95 Å². The van der Waals surface area contributed by atoms with Crippen LogP contribution in [0.1, 0.15) is 6.92 Å². The summed E-state index contributed by atoms with van der Waals surface area (Å²) in [6, 6.07) is -0.216. The fraction of sp³-hybridized carbons (Fsp3) is 0.667. The molecule has 0 bridgehead atoms. The second-order valence-corrected chi connectivity index (χ2v) is 4.27. The van der Waals surface area contributed by atoms with Crippen LogP contribution in [0.2, 0.25) is 0 Å². The van der Waals surface area contributed by atoms with Crippen LogP contribution in [0.3, 0.4) is 0 Å². The first kappa shape index (κ1) is 15.2. The van der Waals surface area contributed by atoms with Gasteiger partial charge in [-0.25, -0.2) is 4.79 Å². The molecule has 2 rings (SSSR count). The van der Waals surface area contributed by atoms with Gasteiger partial charge in [-0.3, -0.25) is 0 Å². The van der Waals surface area contributed by atoms with Crippen LogP contribution in [0.15, 0.2) is 0 Å². The predicted molar refractivity (Wildman–Crippen MR) is 73.6 cm³/mol. The highest BCUT2D eigenvalue weighted by Crippen LogP contribution is 2.19. The number of hydrogen-bond donors (Lipinski definition) is 1. The topological polar surface area (TPSA) is 98.7 Å². The predicted octanol–water partition coefficient (Wildman–Crippen LogP) is -0.770. The normalized spacial score (nSPS) is 18.2. The lowest BCUT2D eigenvalue weighted by Gasteiger charge is -2.34. The average Bonchev–Trinajstić information content (AvgIpc) is 2.54. The van der Waals surface area contributed by atoms with Gasteiger partial charge in [0.15, 0.2) is 0 Å². The fourth-order valence-corrected chi connectivity index (χ4v) is 2.03. The minimum Gasteiger partial charge on any atom is -0.467 e. The summed E-state index contributed by atoms with van der Waals surface area (Å²) in [5.74, 6) is 0.0151. The molecule has 9 nitrogen and oxygen atoms in total. The quantitative estimate of drug-likeness (QED) is 0.702. The van der Waals surface area contributed by atoms with Gasteiger partial charge in [0.2, 0.25) is 5.95 Å². The Kier molecular flexibility index (Phi) is 5.09. The fourth-order valence-electron chi connectivity index (χ4n) is 2.03. The summed E-state index contributed by atoms with van der Waals surface area (Å²) in [6.45, 7) is 3.85.